The fraction of sp³-hybridized carbons (Fsp3) is 0.600. The van der Waals surface area contributed by atoms with Gasteiger partial charge in [0, 0.05) is 16.8 Å². The summed E-state index contributed by atoms with van der Waals surface area (Å²) in [4.78, 5) is 0. The molecule has 1 saturated carbocycles. The molecular formula is C15H22BrNO2S. The average molecular weight is 360 g/mol. The van der Waals surface area contributed by atoms with Gasteiger partial charge in [-0.1, -0.05) is 40.5 Å². The molecule has 1 aliphatic rings. The Labute approximate surface area is 130 Å². The highest BCUT2D eigenvalue weighted by Gasteiger charge is 2.32. The Kier molecular flexibility index (Phi) is 4.92. The third-order valence-electron chi connectivity index (χ3n) is 4.36. The van der Waals surface area contributed by atoms with Crippen molar-refractivity contribution in [2.24, 2.45) is 11.7 Å². The van der Waals surface area contributed by atoms with Crippen molar-refractivity contribution in [3.8, 4) is 0 Å². The van der Waals surface area contributed by atoms with Gasteiger partial charge in [0.05, 0.1) is 5.25 Å². The molecule has 112 valence electrons. The summed E-state index contributed by atoms with van der Waals surface area (Å²) in [7, 11) is -2.96. The van der Waals surface area contributed by atoms with E-state index in [4.69, 9.17) is 5.73 Å². The van der Waals surface area contributed by atoms with E-state index in [1.165, 1.54) is 6.26 Å². The zero-order valence-electron chi connectivity index (χ0n) is 12.0. The molecule has 0 saturated heterocycles. The van der Waals surface area contributed by atoms with Crippen LogP contribution in [0.1, 0.15) is 42.9 Å². The van der Waals surface area contributed by atoms with E-state index in [1.807, 2.05) is 25.1 Å². The number of benzene rings is 1. The quantitative estimate of drug-likeness (QED) is 0.899. The molecule has 0 radical (unpaired) electrons. The molecule has 0 spiro atoms. The first-order valence-corrected chi connectivity index (χ1v) is 9.75. The molecule has 0 aromatic heterocycles. The molecule has 3 atom stereocenters. The van der Waals surface area contributed by atoms with Crippen LogP contribution < -0.4 is 5.73 Å². The second-order valence-corrected chi connectivity index (χ2v) is 9.00. The highest BCUT2D eigenvalue weighted by molar-refractivity contribution is 9.10. The van der Waals surface area contributed by atoms with E-state index in [2.05, 4.69) is 15.9 Å². The second kappa shape index (κ2) is 6.16. The van der Waals surface area contributed by atoms with Gasteiger partial charge in [0.1, 0.15) is 9.84 Å². The summed E-state index contributed by atoms with van der Waals surface area (Å²) in [6.45, 7) is 2.04. The van der Waals surface area contributed by atoms with Gasteiger partial charge in [-0.05, 0) is 43.2 Å². The largest absolute Gasteiger partial charge is 0.324 e. The number of hydrogen-bond donors (Lipinski definition) is 1. The van der Waals surface area contributed by atoms with Crippen LogP contribution >= 0.6 is 15.9 Å². The minimum Gasteiger partial charge on any atom is -0.324 e. The van der Waals surface area contributed by atoms with Gasteiger partial charge in [-0.15, -0.1) is 0 Å². The number of aryl methyl sites for hydroxylation is 1. The van der Waals surface area contributed by atoms with Crippen molar-refractivity contribution >= 4 is 25.8 Å². The van der Waals surface area contributed by atoms with Crippen LogP contribution in [0.2, 0.25) is 0 Å². The SMILES string of the molecule is Cc1cccc(C(N)C2CCCC(S(C)(=O)=O)C2)c1Br. The molecule has 0 bridgehead atoms. The molecule has 20 heavy (non-hydrogen) atoms. The first kappa shape index (κ1) is 16.0. The van der Waals surface area contributed by atoms with Gasteiger partial charge >= 0.3 is 0 Å². The third-order valence-corrected chi connectivity index (χ3v) is 7.08. The minimum absolute atomic E-state index is 0.103. The van der Waals surface area contributed by atoms with Crippen LogP contribution in [0.15, 0.2) is 22.7 Å². The Hall–Kier alpha value is -0.390. The van der Waals surface area contributed by atoms with Crippen LogP contribution in [0.3, 0.4) is 0 Å². The van der Waals surface area contributed by atoms with Crippen LogP contribution in [0.25, 0.3) is 0 Å². The summed E-state index contributed by atoms with van der Waals surface area (Å²) >= 11 is 3.60. The lowest BCUT2D eigenvalue weighted by molar-refractivity contribution is 0.308. The van der Waals surface area contributed by atoms with Crippen molar-refractivity contribution in [3.05, 3.63) is 33.8 Å². The van der Waals surface area contributed by atoms with Crippen molar-refractivity contribution in [1.82, 2.24) is 0 Å². The van der Waals surface area contributed by atoms with Crippen LogP contribution in [0.5, 0.6) is 0 Å². The standard InChI is InChI=1S/C15H22BrNO2S/c1-10-5-3-8-13(14(10)16)15(17)11-6-4-7-12(9-11)20(2,18)19/h3,5,8,11-12,15H,4,6-7,9,17H2,1-2H3. The van der Waals surface area contributed by atoms with Crippen molar-refractivity contribution < 1.29 is 8.42 Å². The fourth-order valence-electron chi connectivity index (χ4n) is 3.08. The first-order chi connectivity index (χ1) is 9.30. The molecule has 1 aromatic rings. The Morgan fingerprint density at radius 1 is 1.35 bits per heavy atom. The van der Waals surface area contributed by atoms with E-state index in [0.717, 1.165) is 34.9 Å². The van der Waals surface area contributed by atoms with Gasteiger partial charge in [0.15, 0.2) is 0 Å². The number of nitrogens with two attached hydrogens (primary N) is 1. The van der Waals surface area contributed by atoms with E-state index in [9.17, 15) is 8.42 Å². The predicted octanol–water partition coefficient (Wildman–Crippen LogP) is 3.36. The molecule has 2 rings (SSSR count). The van der Waals surface area contributed by atoms with Gasteiger partial charge in [0.2, 0.25) is 0 Å². The zero-order chi connectivity index (χ0) is 14.9. The van der Waals surface area contributed by atoms with E-state index in [0.29, 0.717) is 6.42 Å². The number of rotatable bonds is 3. The Morgan fingerprint density at radius 2 is 2.05 bits per heavy atom. The molecule has 5 heteroatoms. The average Bonchev–Trinajstić information content (AvgIpc) is 2.40. The molecule has 1 fully saturated rings. The van der Waals surface area contributed by atoms with Gasteiger partial charge in [-0.2, -0.15) is 0 Å². The Morgan fingerprint density at radius 3 is 2.70 bits per heavy atom. The number of sulfone groups is 1. The maximum atomic E-state index is 11.8. The van der Waals surface area contributed by atoms with Crippen molar-refractivity contribution in [1.29, 1.82) is 0 Å². The molecule has 0 amide bonds. The summed E-state index contributed by atoms with van der Waals surface area (Å²) in [6, 6.07) is 5.98. The lowest BCUT2D eigenvalue weighted by Gasteiger charge is -2.32. The van der Waals surface area contributed by atoms with Gasteiger partial charge < -0.3 is 5.73 Å². The number of halogens is 1. The highest BCUT2D eigenvalue weighted by Crippen LogP contribution is 2.38. The maximum absolute atomic E-state index is 11.8. The first-order valence-electron chi connectivity index (χ1n) is 7.00. The van der Waals surface area contributed by atoms with Crippen LogP contribution in [0.4, 0.5) is 0 Å². The number of hydrogen-bond acceptors (Lipinski definition) is 3. The smallest absolute Gasteiger partial charge is 0.150 e. The summed E-state index contributed by atoms with van der Waals surface area (Å²) in [5.74, 6) is 0.238. The summed E-state index contributed by atoms with van der Waals surface area (Å²) in [5, 5.41) is -0.226. The monoisotopic (exact) mass is 359 g/mol. The Bertz CT molecular complexity index is 586. The third kappa shape index (κ3) is 3.43. The van der Waals surface area contributed by atoms with E-state index < -0.39 is 9.84 Å². The van der Waals surface area contributed by atoms with E-state index in [1.54, 1.807) is 0 Å². The summed E-state index contributed by atoms with van der Waals surface area (Å²) in [5.41, 5.74) is 8.67. The van der Waals surface area contributed by atoms with Crippen molar-refractivity contribution in [2.45, 2.75) is 43.9 Å². The molecular weight excluding hydrogens is 338 g/mol. The van der Waals surface area contributed by atoms with Gasteiger partial charge in [-0.3, -0.25) is 0 Å². The molecule has 2 N–H and O–H groups in total. The molecule has 1 aromatic carbocycles. The van der Waals surface area contributed by atoms with Crippen molar-refractivity contribution in [3.63, 3.8) is 0 Å². The molecule has 3 unspecified atom stereocenters. The van der Waals surface area contributed by atoms with Gasteiger partial charge in [0.25, 0.3) is 0 Å². The highest BCUT2D eigenvalue weighted by atomic mass is 79.9. The zero-order valence-corrected chi connectivity index (χ0v) is 14.4. The molecule has 1 aliphatic carbocycles. The topological polar surface area (TPSA) is 60.2 Å². The van der Waals surface area contributed by atoms with Crippen LogP contribution in [0, 0.1) is 12.8 Å². The predicted molar refractivity (Wildman–Crippen MR) is 86.4 cm³/mol. The van der Waals surface area contributed by atoms with Crippen LogP contribution in [-0.2, 0) is 9.84 Å². The fourth-order valence-corrected chi connectivity index (χ4v) is 4.80. The Balaban J connectivity index is 2.21. The van der Waals surface area contributed by atoms with Crippen molar-refractivity contribution in [2.75, 3.05) is 6.26 Å². The van der Waals surface area contributed by atoms with E-state index in [-0.39, 0.29) is 17.2 Å². The second-order valence-electron chi connectivity index (χ2n) is 5.88. The molecule has 3 nitrogen and oxygen atoms in total. The van der Waals surface area contributed by atoms with E-state index >= 15 is 0 Å². The molecule has 0 heterocycles. The maximum Gasteiger partial charge on any atom is 0.150 e. The minimum atomic E-state index is -2.96. The lowest BCUT2D eigenvalue weighted by Crippen LogP contribution is -2.33. The lowest BCUT2D eigenvalue weighted by atomic mass is 9.81. The summed E-state index contributed by atoms with van der Waals surface area (Å²) < 4.78 is 24.6. The van der Waals surface area contributed by atoms with Gasteiger partial charge in [-0.25, -0.2) is 8.42 Å². The van der Waals surface area contributed by atoms with Crippen LogP contribution in [-0.4, -0.2) is 19.9 Å². The summed E-state index contributed by atoms with van der Waals surface area (Å²) in [6.07, 6.45) is 4.75. The molecule has 0 aliphatic heterocycles. The normalized spacial score (nSPS) is 25.4.